The maximum absolute atomic E-state index is 12.0. The highest BCUT2D eigenvalue weighted by Gasteiger charge is 2.52. The molecule has 2 aliphatic rings. The van der Waals surface area contributed by atoms with E-state index < -0.39 is 0 Å². The number of amides is 1. The Morgan fingerprint density at radius 2 is 2.44 bits per heavy atom. The van der Waals surface area contributed by atoms with Gasteiger partial charge in [0.15, 0.2) is 0 Å². The molecule has 2 fully saturated rings. The van der Waals surface area contributed by atoms with Crippen LogP contribution in [0.5, 0.6) is 5.75 Å². The summed E-state index contributed by atoms with van der Waals surface area (Å²) in [6, 6.07) is 1.24. The standard InChI is InChI=1S/C12H15N3O3/c13-9-7-2-4-18-11(7)10(9)15-12(17)6-1-3-14-5-8(6)16/h1,3,5,7,9-11,16H,2,4,13H2,(H,15,17). The van der Waals surface area contributed by atoms with Crippen molar-refractivity contribution >= 4 is 5.91 Å². The highest BCUT2D eigenvalue weighted by molar-refractivity contribution is 5.96. The van der Waals surface area contributed by atoms with Crippen molar-refractivity contribution in [3.63, 3.8) is 0 Å². The summed E-state index contributed by atoms with van der Waals surface area (Å²) in [6.07, 6.45) is 3.68. The van der Waals surface area contributed by atoms with Crippen LogP contribution in [0.3, 0.4) is 0 Å². The van der Waals surface area contributed by atoms with Gasteiger partial charge in [-0.25, -0.2) is 0 Å². The number of pyridine rings is 1. The van der Waals surface area contributed by atoms with Gasteiger partial charge in [0.25, 0.3) is 5.91 Å². The van der Waals surface area contributed by atoms with Crippen LogP contribution >= 0.6 is 0 Å². The fourth-order valence-electron chi connectivity index (χ4n) is 2.73. The average molecular weight is 249 g/mol. The van der Waals surface area contributed by atoms with Crippen molar-refractivity contribution in [1.82, 2.24) is 10.3 Å². The van der Waals surface area contributed by atoms with Crippen LogP contribution in [0.2, 0.25) is 0 Å². The van der Waals surface area contributed by atoms with Crippen LogP contribution in [-0.4, -0.2) is 40.8 Å². The van der Waals surface area contributed by atoms with Crippen molar-refractivity contribution < 1.29 is 14.6 Å². The van der Waals surface area contributed by atoms with E-state index in [4.69, 9.17) is 10.5 Å². The van der Waals surface area contributed by atoms with Crippen molar-refractivity contribution in [2.45, 2.75) is 24.6 Å². The van der Waals surface area contributed by atoms with Gasteiger partial charge >= 0.3 is 0 Å². The monoisotopic (exact) mass is 249 g/mol. The average Bonchev–Trinajstić information content (AvgIpc) is 2.81. The Morgan fingerprint density at radius 1 is 1.61 bits per heavy atom. The molecule has 1 aliphatic heterocycles. The Labute approximate surface area is 104 Å². The predicted octanol–water partition coefficient (Wildman–Crippen LogP) is -0.368. The van der Waals surface area contributed by atoms with Gasteiger partial charge in [-0.2, -0.15) is 0 Å². The number of ether oxygens (including phenoxy) is 1. The van der Waals surface area contributed by atoms with Gasteiger partial charge in [0.1, 0.15) is 5.75 Å². The van der Waals surface area contributed by atoms with E-state index in [0.29, 0.717) is 12.5 Å². The van der Waals surface area contributed by atoms with E-state index in [2.05, 4.69) is 10.3 Å². The number of carbonyl (C=O) groups is 1. The first-order valence-corrected chi connectivity index (χ1v) is 5.99. The van der Waals surface area contributed by atoms with Crippen LogP contribution in [0.25, 0.3) is 0 Å². The van der Waals surface area contributed by atoms with Gasteiger partial charge in [-0.15, -0.1) is 0 Å². The van der Waals surface area contributed by atoms with Crippen LogP contribution in [0.4, 0.5) is 0 Å². The molecule has 96 valence electrons. The fraction of sp³-hybridized carbons (Fsp3) is 0.500. The minimum Gasteiger partial charge on any atom is -0.505 e. The molecule has 0 spiro atoms. The summed E-state index contributed by atoms with van der Waals surface area (Å²) in [5.74, 6) is -0.127. The van der Waals surface area contributed by atoms with Crippen molar-refractivity contribution in [3.8, 4) is 5.75 Å². The van der Waals surface area contributed by atoms with Crippen molar-refractivity contribution in [3.05, 3.63) is 24.0 Å². The maximum Gasteiger partial charge on any atom is 0.255 e. The quantitative estimate of drug-likeness (QED) is 0.664. The van der Waals surface area contributed by atoms with Crippen molar-refractivity contribution in [2.24, 2.45) is 11.7 Å². The molecule has 4 unspecified atom stereocenters. The molecule has 2 heterocycles. The van der Waals surface area contributed by atoms with E-state index in [0.717, 1.165) is 6.42 Å². The van der Waals surface area contributed by atoms with Crippen LogP contribution < -0.4 is 11.1 Å². The van der Waals surface area contributed by atoms with Crippen LogP contribution in [-0.2, 0) is 4.74 Å². The lowest BCUT2D eigenvalue weighted by Crippen LogP contribution is -2.68. The van der Waals surface area contributed by atoms with Gasteiger partial charge < -0.3 is 20.9 Å². The molecule has 3 rings (SSSR count). The normalized spacial score (nSPS) is 33.6. The summed E-state index contributed by atoms with van der Waals surface area (Å²) in [5.41, 5.74) is 6.21. The number of rotatable bonds is 2. The molecular weight excluding hydrogens is 234 g/mol. The molecule has 6 heteroatoms. The zero-order valence-electron chi connectivity index (χ0n) is 9.74. The second-order valence-electron chi connectivity index (χ2n) is 4.76. The first kappa shape index (κ1) is 11.4. The second-order valence-corrected chi connectivity index (χ2v) is 4.76. The largest absolute Gasteiger partial charge is 0.505 e. The number of aromatic nitrogens is 1. The SMILES string of the molecule is NC1C2CCOC2C1NC(=O)c1ccncc1O. The van der Waals surface area contributed by atoms with Gasteiger partial charge in [0.2, 0.25) is 0 Å². The fourth-order valence-corrected chi connectivity index (χ4v) is 2.73. The first-order chi connectivity index (χ1) is 8.68. The Hall–Kier alpha value is -1.66. The van der Waals surface area contributed by atoms with Gasteiger partial charge in [-0.05, 0) is 12.5 Å². The predicted molar refractivity (Wildman–Crippen MR) is 63.0 cm³/mol. The van der Waals surface area contributed by atoms with Crippen molar-refractivity contribution in [2.75, 3.05) is 6.61 Å². The minimum atomic E-state index is -0.343. The van der Waals surface area contributed by atoms with Crippen LogP contribution in [0.1, 0.15) is 16.8 Å². The second kappa shape index (κ2) is 4.22. The molecule has 4 atom stereocenters. The van der Waals surface area contributed by atoms with E-state index in [1.165, 1.54) is 18.5 Å². The van der Waals surface area contributed by atoms with E-state index in [9.17, 15) is 9.90 Å². The molecule has 18 heavy (non-hydrogen) atoms. The lowest BCUT2D eigenvalue weighted by atomic mass is 9.72. The van der Waals surface area contributed by atoms with Gasteiger partial charge in [0.05, 0.1) is 23.9 Å². The summed E-state index contributed by atoms with van der Waals surface area (Å²) < 4.78 is 5.53. The highest BCUT2D eigenvalue weighted by atomic mass is 16.5. The molecule has 6 nitrogen and oxygen atoms in total. The van der Waals surface area contributed by atoms with Gasteiger partial charge in [0, 0.05) is 24.8 Å². The summed E-state index contributed by atoms with van der Waals surface area (Å²) in [5, 5.41) is 12.4. The molecule has 1 saturated heterocycles. The maximum atomic E-state index is 12.0. The number of hydrogen-bond acceptors (Lipinski definition) is 5. The molecule has 0 bridgehead atoms. The number of nitrogens with zero attached hydrogens (tertiary/aromatic N) is 1. The van der Waals surface area contributed by atoms with Crippen LogP contribution in [0, 0.1) is 5.92 Å². The molecule has 1 amide bonds. The van der Waals surface area contributed by atoms with E-state index in [1.54, 1.807) is 0 Å². The third-order valence-electron chi connectivity index (χ3n) is 3.79. The molecule has 1 aromatic rings. The lowest BCUT2D eigenvalue weighted by molar-refractivity contribution is -0.0161. The molecule has 0 radical (unpaired) electrons. The zero-order valence-corrected chi connectivity index (χ0v) is 9.74. The van der Waals surface area contributed by atoms with Gasteiger partial charge in [-0.1, -0.05) is 0 Å². The molecule has 1 aliphatic carbocycles. The van der Waals surface area contributed by atoms with E-state index >= 15 is 0 Å². The number of carbonyl (C=O) groups excluding carboxylic acids is 1. The lowest BCUT2D eigenvalue weighted by Gasteiger charge is -2.45. The number of hydrogen-bond donors (Lipinski definition) is 3. The van der Waals surface area contributed by atoms with Crippen LogP contribution in [0.15, 0.2) is 18.5 Å². The minimum absolute atomic E-state index is 0.0212. The van der Waals surface area contributed by atoms with E-state index in [-0.39, 0.29) is 35.4 Å². The van der Waals surface area contributed by atoms with Gasteiger partial charge in [-0.3, -0.25) is 9.78 Å². The molecule has 4 N–H and O–H groups in total. The Kier molecular flexibility index (Phi) is 2.68. The summed E-state index contributed by atoms with van der Waals surface area (Å²) in [6.45, 7) is 0.704. The third-order valence-corrected chi connectivity index (χ3v) is 3.79. The summed E-state index contributed by atoms with van der Waals surface area (Å²) in [7, 11) is 0. The molecule has 1 aromatic heterocycles. The first-order valence-electron chi connectivity index (χ1n) is 5.99. The third kappa shape index (κ3) is 1.65. The number of aromatic hydroxyl groups is 1. The Morgan fingerprint density at radius 3 is 3.22 bits per heavy atom. The zero-order chi connectivity index (χ0) is 12.7. The summed E-state index contributed by atoms with van der Waals surface area (Å²) >= 11 is 0. The van der Waals surface area contributed by atoms with E-state index in [1.807, 2.05) is 0 Å². The number of fused-ring (bicyclic) bond motifs is 1. The smallest absolute Gasteiger partial charge is 0.255 e. The topological polar surface area (TPSA) is 97.5 Å². The Bertz CT molecular complexity index is 479. The Balaban J connectivity index is 1.70. The molecule has 1 saturated carbocycles. The van der Waals surface area contributed by atoms with Crippen molar-refractivity contribution in [1.29, 1.82) is 0 Å². The summed E-state index contributed by atoms with van der Waals surface area (Å²) in [4.78, 5) is 15.7. The molecule has 0 aromatic carbocycles. The number of nitrogens with two attached hydrogens (primary N) is 1. The number of nitrogens with one attached hydrogen (secondary N) is 1. The molecular formula is C12H15N3O3. The highest BCUT2D eigenvalue weighted by Crippen LogP contribution is 2.37.